The van der Waals surface area contributed by atoms with Crippen molar-refractivity contribution in [3.63, 3.8) is 0 Å². The summed E-state index contributed by atoms with van der Waals surface area (Å²) in [5.41, 5.74) is 0.956. The lowest BCUT2D eigenvalue weighted by molar-refractivity contribution is -0.274. The molecular formula is C21H17BrF5NO3. The van der Waals surface area contributed by atoms with Crippen LogP contribution in [0.25, 0.3) is 11.1 Å². The zero-order chi connectivity index (χ0) is 23.3. The predicted octanol–water partition coefficient (Wildman–Crippen LogP) is 6.51. The van der Waals surface area contributed by atoms with Crippen LogP contribution in [0.4, 0.5) is 27.6 Å². The van der Waals surface area contributed by atoms with Gasteiger partial charge in [-0.05, 0) is 71.6 Å². The Labute approximate surface area is 184 Å². The molecule has 0 aliphatic carbocycles. The highest BCUT2D eigenvalue weighted by Gasteiger charge is 2.31. The number of benzene rings is 2. The van der Waals surface area contributed by atoms with Crippen molar-refractivity contribution < 1.29 is 36.2 Å². The van der Waals surface area contributed by atoms with Gasteiger partial charge in [-0.2, -0.15) is 8.78 Å². The molecule has 4 nitrogen and oxygen atoms in total. The third-order valence-electron chi connectivity index (χ3n) is 4.05. The Kier molecular flexibility index (Phi) is 7.90. The van der Waals surface area contributed by atoms with Gasteiger partial charge in [-0.3, -0.25) is 0 Å². The molecule has 0 unspecified atom stereocenters. The van der Waals surface area contributed by atoms with E-state index in [2.05, 4.69) is 32.6 Å². The Hall–Kier alpha value is -2.80. The molecule has 166 valence electrons. The summed E-state index contributed by atoms with van der Waals surface area (Å²) in [6, 6.07) is 8.55. The van der Waals surface area contributed by atoms with Crippen LogP contribution in [0.3, 0.4) is 0 Å². The topological polar surface area (TPSA) is 38.8 Å². The summed E-state index contributed by atoms with van der Waals surface area (Å²) < 4.78 is 73.6. The van der Waals surface area contributed by atoms with Crippen LogP contribution >= 0.6 is 15.9 Å². The first kappa shape index (κ1) is 24.5. The number of halogens is 6. The van der Waals surface area contributed by atoms with Crippen molar-refractivity contribution in [2.24, 2.45) is 0 Å². The lowest BCUT2D eigenvalue weighted by atomic mass is 9.95. The molecule has 0 atom stereocenters. The van der Waals surface area contributed by atoms with Gasteiger partial charge in [0.15, 0.2) is 0 Å². The molecule has 0 aromatic heterocycles. The number of esters is 1. The first-order chi connectivity index (χ1) is 14.5. The molecule has 2 aromatic rings. The fourth-order valence-corrected chi connectivity index (χ4v) is 3.60. The predicted molar refractivity (Wildman–Crippen MR) is 109 cm³/mol. The Morgan fingerprint density at radius 3 is 2.32 bits per heavy atom. The highest BCUT2D eigenvalue weighted by Crippen LogP contribution is 2.41. The molecule has 10 heteroatoms. The molecule has 2 rings (SSSR count). The van der Waals surface area contributed by atoms with Crippen molar-refractivity contribution >= 4 is 27.6 Å². The SMILES string of the molecule is CC#CN(c1c(C)c(-c2ccc(OC(F)(F)F)cc2)cc(C(=O)OCC)c1Br)C(F)F. The van der Waals surface area contributed by atoms with Gasteiger partial charge in [0.1, 0.15) is 5.75 Å². The van der Waals surface area contributed by atoms with Gasteiger partial charge in [-0.1, -0.05) is 18.1 Å². The second-order valence-corrected chi connectivity index (χ2v) is 6.85. The van der Waals surface area contributed by atoms with Gasteiger partial charge in [0, 0.05) is 6.04 Å². The summed E-state index contributed by atoms with van der Waals surface area (Å²) in [5, 5.41) is 0. The van der Waals surface area contributed by atoms with Gasteiger partial charge in [-0.25, -0.2) is 9.69 Å². The van der Waals surface area contributed by atoms with Crippen molar-refractivity contribution in [1.82, 2.24) is 0 Å². The van der Waals surface area contributed by atoms with Gasteiger partial charge in [-0.15, -0.1) is 13.2 Å². The van der Waals surface area contributed by atoms with Crippen LogP contribution in [0.2, 0.25) is 0 Å². The minimum atomic E-state index is -4.85. The number of alkyl halides is 5. The number of ether oxygens (including phenoxy) is 2. The third kappa shape index (κ3) is 5.88. The molecule has 0 aliphatic rings. The second kappa shape index (κ2) is 10.0. The Bertz CT molecular complexity index is 1010. The minimum Gasteiger partial charge on any atom is -0.462 e. The fourth-order valence-electron chi connectivity index (χ4n) is 2.84. The monoisotopic (exact) mass is 505 g/mol. The van der Waals surface area contributed by atoms with Crippen molar-refractivity contribution in [1.29, 1.82) is 0 Å². The van der Waals surface area contributed by atoms with Gasteiger partial charge < -0.3 is 9.47 Å². The van der Waals surface area contributed by atoms with Crippen molar-refractivity contribution in [3.05, 3.63) is 45.9 Å². The van der Waals surface area contributed by atoms with Crippen LogP contribution in [0.5, 0.6) is 5.75 Å². The van der Waals surface area contributed by atoms with E-state index in [-0.39, 0.29) is 22.3 Å². The van der Waals surface area contributed by atoms with E-state index in [4.69, 9.17) is 4.74 Å². The van der Waals surface area contributed by atoms with Crippen LogP contribution < -0.4 is 9.64 Å². The van der Waals surface area contributed by atoms with Crippen molar-refractivity contribution in [3.8, 4) is 28.8 Å². The standard InChI is InChI=1S/C21H17BrF5NO3/c1-4-10-28(20(23)24)18-12(3)15(11-16(17(18)22)19(29)30-5-2)13-6-8-14(9-7-13)31-21(25,26)27/h6-9,11,20H,5H2,1-3H3. The summed E-state index contributed by atoms with van der Waals surface area (Å²) in [4.78, 5) is 12.9. The molecule has 31 heavy (non-hydrogen) atoms. The first-order valence-electron chi connectivity index (χ1n) is 8.86. The number of rotatable bonds is 6. The maximum Gasteiger partial charge on any atom is 0.573 e. The molecule has 0 radical (unpaired) electrons. The van der Waals surface area contributed by atoms with E-state index in [1.165, 1.54) is 32.0 Å². The largest absolute Gasteiger partial charge is 0.573 e. The smallest absolute Gasteiger partial charge is 0.462 e. The first-order valence-corrected chi connectivity index (χ1v) is 9.65. The number of nitrogens with zero attached hydrogens (tertiary/aromatic N) is 1. The van der Waals surface area contributed by atoms with Crippen LogP contribution in [0.15, 0.2) is 34.8 Å². The molecule has 0 heterocycles. The minimum absolute atomic E-state index is 0.0309. The van der Waals surface area contributed by atoms with Crippen LogP contribution in [-0.2, 0) is 4.74 Å². The number of anilines is 1. The molecule has 2 aromatic carbocycles. The van der Waals surface area contributed by atoms with E-state index in [1.54, 1.807) is 6.92 Å². The molecule has 0 amide bonds. The van der Waals surface area contributed by atoms with E-state index in [9.17, 15) is 26.7 Å². The highest BCUT2D eigenvalue weighted by atomic mass is 79.9. The molecule has 0 bridgehead atoms. The summed E-state index contributed by atoms with van der Waals surface area (Å²) >= 11 is 3.20. The Morgan fingerprint density at radius 2 is 1.84 bits per heavy atom. The second-order valence-electron chi connectivity index (χ2n) is 6.06. The Balaban J connectivity index is 2.71. The quantitative estimate of drug-likeness (QED) is 0.147. The molecule has 0 N–H and O–H groups in total. The van der Waals surface area contributed by atoms with Crippen molar-refractivity contribution in [2.75, 3.05) is 11.5 Å². The highest BCUT2D eigenvalue weighted by molar-refractivity contribution is 9.10. The maximum absolute atomic E-state index is 13.7. The van der Waals surface area contributed by atoms with E-state index < -0.39 is 24.6 Å². The average molecular weight is 506 g/mol. The molecule has 0 saturated carbocycles. The van der Waals surface area contributed by atoms with Crippen LogP contribution in [-0.4, -0.2) is 25.5 Å². The summed E-state index contributed by atoms with van der Waals surface area (Å²) in [6.45, 7) is 1.57. The molecule has 0 saturated heterocycles. The lowest BCUT2D eigenvalue weighted by Crippen LogP contribution is -2.25. The zero-order valence-electron chi connectivity index (χ0n) is 16.6. The zero-order valence-corrected chi connectivity index (χ0v) is 18.2. The number of hydrogen-bond donors (Lipinski definition) is 0. The van der Waals surface area contributed by atoms with E-state index in [0.29, 0.717) is 21.6 Å². The molecular weight excluding hydrogens is 489 g/mol. The normalized spacial score (nSPS) is 11.0. The summed E-state index contributed by atoms with van der Waals surface area (Å²) in [7, 11) is 0. The van der Waals surface area contributed by atoms with E-state index >= 15 is 0 Å². The van der Waals surface area contributed by atoms with Gasteiger partial charge in [0.25, 0.3) is 0 Å². The van der Waals surface area contributed by atoms with Crippen LogP contribution in [0, 0.1) is 18.9 Å². The molecule has 0 aliphatic heterocycles. The number of carbonyl (C=O) groups is 1. The van der Waals surface area contributed by atoms with Gasteiger partial charge in [0.2, 0.25) is 0 Å². The van der Waals surface area contributed by atoms with Crippen molar-refractivity contribution in [2.45, 2.75) is 33.7 Å². The number of carbonyl (C=O) groups excluding carboxylic acids is 1. The average Bonchev–Trinajstić information content (AvgIpc) is 2.67. The fraction of sp³-hybridized carbons (Fsp3) is 0.286. The maximum atomic E-state index is 13.7. The van der Waals surface area contributed by atoms with E-state index in [1.807, 2.05) is 0 Å². The van der Waals surface area contributed by atoms with Crippen LogP contribution in [0.1, 0.15) is 29.8 Å². The lowest BCUT2D eigenvalue weighted by Gasteiger charge is -2.24. The third-order valence-corrected chi connectivity index (χ3v) is 4.86. The van der Waals surface area contributed by atoms with Gasteiger partial charge >= 0.3 is 18.9 Å². The summed E-state index contributed by atoms with van der Waals surface area (Å²) in [5.74, 6) is 1.20. The van der Waals surface area contributed by atoms with Gasteiger partial charge in [0.05, 0.1) is 22.3 Å². The summed E-state index contributed by atoms with van der Waals surface area (Å²) in [6.07, 6.45) is -4.85. The molecule has 0 spiro atoms. The Morgan fingerprint density at radius 1 is 1.23 bits per heavy atom. The number of hydrogen-bond acceptors (Lipinski definition) is 4. The van der Waals surface area contributed by atoms with E-state index in [0.717, 1.165) is 12.1 Å². The molecule has 0 fully saturated rings.